The second kappa shape index (κ2) is 5.91. The van der Waals surface area contributed by atoms with Gasteiger partial charge in [-0.2, -0.15) is 31.6 Å². The molecule has 0 aliphatic carbocycles. The van der Waals surface area contributed by atoms with Crippen molar-refractivity contribution in [3.63, 3.8) is 0 Å². The summed E-state index contributed by atoms with van der Waals surface area (Å²) in [6.07, 6.45) is -9.20. The summed E-state index contributed by atoms with van der Waals surface area (Å²) < 4.78 is 78.0. The van der Waals surface area contributed by atoms with Crippen LogP contribution in [0.4, 0.5) is 26.3 Å². The Bertz CT molecular complexity index is 756. The minimum atomic E-state index is -4.82. The molecule has 0 fully saturated rings. The second-order valence-corrected chi connectivity index (χ2v) is 4.59. The average Bonchev–Trinajstić information content (AvgIpc) is 2.46. The molecule has 23 heavy (non-hydrogen) atoms. The quantitative estimate of drug-likeness (QED) is 0.738. The molecule has 1 heterocycles. The summed E-state index contributed by atoms with van der Waals surface area (Å²) in [7, 11) is 0. The van der Waals surface area contributed by atoms with Gasteiger partial charge in [0.25, 0.3) is 0 Å². The van der Waals surface area contributed by atoms with Crippen molar-refractivity contribution in [2.75, 3.05) is 0 Å². The molecular formula is C15H8F6N2. The first-order valence-electron chi connectivity index (χ1n) is 6.24. The lowest BCUT2D eigenvalue weighted by Crippen LogP contribution is -2.12. The molecular weight excluding hydrogens is 322 g/mol. The van der Waals surface area contributed by atoms with E-state index in [1.165, 1.54) is 6.07 Å². The van der Waals surface area contributed by atoms with Crippen molar-refractivity contribution in [2.45, 2.75) is 18.8 Å². The fourth-order valence-corrected chi connectivity index (χ4v) is 2.08. The minimum Gasteiger partial charge on any atom is -0.259 e. The minimum absolute atomic E-state index is 0.313. The summed E-state index contributed by atoms with van der Waals surface area (Å²) in [6, 6.07) is 6.43. The van der Waals surface area contributed by atoms with Gasteiger partial charge in [0.05, 0.1) is 29.3 Å². The first kappa shape index (κ1) is 16.8. The second-order valence-electron chi connectivity index (χ2n) is 4.59. The van der Waals surface area contributed by atoms with Crippen molar-refractivity contribution in [1.29, 1.82) is 5.26 Å². The Balaban J connectivity index is 2.66. The van der Waals surface area contributed by atoms with E-state index in [1.54, 1.807) is 6.07 Å². The highest BCUT2D eigenvalue weighted by Gasteiger charge is 2.36. The highest BCUT2D eigenvalue weighted by Crippen LogP contribution is 2.39. The Morgan fingerprint density at radius 3 is 2.13 bits per heavy atom. The van der Waals surface area contributed by atoms with E-state index < -0.39 is 41.2 Å². The maximum absolute atomic E-state index is 13.0. The van der Waals surface area contributed by atoms with E-state index in [0.717, 1.165) is 24.4 Å². The molecule has 2 rings (SSSR count). The van der Waals surface area contributed by atoms with Crippen molar-refractivity contribution in [1.82, 2.24) is 4.98 Å². The lowest BCUT2D eigenvalue weighted by Gasteiger charge is -2.15. The highest BCUT2D eigenvalue weighted by molar-refractivity contribution is 5.68. The van der Waals surface area contributed by atoms with Crippen LogP contribution in [0, 0.1) is 11.3 Å². The number of pyridine rings is 1. The summed E-state index contributed by atoms with van der Waals surface area (Å²) in [6.45, 7) is 0. The van der Waals surface area contributed by atoms with Crippen LogP contribution in [0.5, 0.6) is 0 Å². The van der Waals surface area contributed by atoms with E-state index in [0.29, 0.717) is 6.07 Å². The fraction of sp³-hybridized carbons (Fsp3) is 0.200. The Hall–Kier alpha value is -2.56. The van der Waals surface area contributed by atoms with Gasteiger partial charge in [-0.15, -0.1) is 0 Å². The number of hydrogen-bond donors (Lipinski definition) is 0. The zero-order valence-electron chi connectivity index (χ0n) is 11.3. The van der Waals surface area contributed by atoms with Gasteiger partial charge < -0.3 is 0 Å². The third-order valence-corrected chi connectivity index (χ3v) is 3.07. The molecule has 0 aliphatic heterocycles. The molecule has 0 saturated heterocycles. The standard InChI is InChI=1S/C15H8F6N2/c16-14(17,18)11-4-2-1-3-10(11)9-7-12(15(19,20)21)13(5-6-22)23-8-9/h1-4,7-8H,5H2. The maximum atomic E-state index is 13.0. The SMILES string of the molecule is N#CCc1ncc(-c2ccccc2C(F)(F)F)cc1C(F)(F)F. The van der Waals surface area contributed by atoms with Crippen molar-refractivity contribution in [3.8, 4) is 17.2 Å². The van der Waals surface area contributed by atoms with Gasteiger partial charge in [-0.3, -0.25) is 4.98 Å². The Labute approximate surface area is 127 Å². The van der Waals surface area contributed by atoms with Crippen molar-refractivity contribution >= 4 is 0 Å². The normalized spacial score (nSPS) is 12.0. The molecule has 0 radical (unpaired) electrons. The van der Waals surface area contributed by atoms with Crippen LogP contribution in [-0.2, 0) is 18.8 Å². The molecule has 8 heteroatoms. The lowest BCUT2D eigenvalue weighted by atomic mass is 9.98. The van der Waals surface area contributed by atoms with Gasteiger partial charge >= 0.3 is 12.4 Å². The Morgan fingerprint density at radius 1 is 0.957 bits per heavy atom. The van der Waals surface area contributed by atoms with Crippen LogP contribution >= 0.6 is 0 Å². The number of halogens is 6. The molecule has 0 bridgehead atoms. The van der Waals surface area contributed by atoms with Gasteiger partial charge in [0, 0.05) is 11.8 Å². The molecule has 0 spiro atoms. The molecule has 2 nitrogen and oxygen atoms in total. The van der Waals surface area contributed by atoms with Crippen LogP contribution in [0.25, 0.3) is 11.1 Å². The van der Waals surface area contributed by atoms with Crippen molar-refractivity contribution < 1.29 is 26.3 Å². The topological polar surface area (TPSA) is 36.7 Å². The summed E-state index contributed by atoms with van der Waals surface area (Å²) in [4.78, 5) is 3.52. The van der Waals surface area contributed by atoms with Gasteiger partial charge in [0.15, 0.2) is 0 Å². The molecule has 0 aliphatic rings. The summed E-state index contributed by atoms with van der Waals surface area (Å²) >= 11 is 0. The molecule has 0 saturated carbocycles. The van der Waals surface area contributed by atoms with Gasteiger partial charge in [0.1, 0.15) is 0 Å². The number of hydrogen-bond acceptors (Lipinski definition) is 2. The predicted molar refractivity (Wildman–Crippen MR) is 69.0 cm³/mol. The van der Waals surface area contributed by atoms with Gasteiger partial charge in [0.2, 0.25) is 0 Å². The van der Waals surface area contributed by atoms with E-state index in [9.17, 15) is 26.3 Å². The molecule has 1 aromatic carbocycles. The van der Waals surface area contributed by atoms with Gasteiger partial charge in [-0.25, -0.2) is 0 Å². The first-order valence-corrected chi connectivity index (χ1v) is 6.24. The summed E-state index contributed by atoms with van der Waals surface area (Å²) in [5, 5.41) is 8.54. The number of nitrogens with zero attached hydrogens (tertiary/aromatic N) is 2. The van der Waals surface area contributed by atoms with Gasteiger partial charge in [-0.1, -0.05) is 18.2 Å². The number of alkyl halides is 6. The zero-order valence-corrected chi connectivity index (χ0v) is 11.3. The maximum Gasteiger partial charge on any atom is 0.418 e. The van der Waals surface area contributed by atoms with E-state index in [1.807, 2.05) is 0 Å². The summed E-state index contributed by atoms with van der Waals surface area (Å²) in [5.74, 6) is 0. The third kappa shape index (κ3) is 3.62. The van der Waals surface area contributed by atoms with Gasteiger partial charge in [-0.05, 0) is 17.7 Å². The number of aromatic nitrogens is 1. The van der Waals surface area contributed by atoms with Crippen LogP contribution in [-0.4, -0.2) is 4.98 Å². The highest BCUT2D eigenvalue weighted by atomic mass is 19.4. The van der Waals surface area contributed by atoms with Crippen molar-refractivity contribution in [3.05, 3.63) is 53.3 Å². The molecule has 120 valence electrons. The number of benzene rings is 1. The zero-order chi connectivity index (χ0) is 17.3. The molecule has 0 N–H and O–H groups in total. The van der Waals surface area contributed by atoms with E-state index in [4.69, 9.17) is 5.26 Å². The van der Waals surface area contributed by atoms with E-state index in [-0.39, 0.29) is 5.56 Å². The smallest absolute Gasteiger partial charge is 0.259 e. The monoisotopic (exact) mass is 330 g/mol. The van der Waals surface area contributed by atoms with Crippen LogP contribution in [0.1, 0.15) is 16.8 Å². The Kier molecular flexibility index (Phi) is 4.32. The first-order chi connectivity index (χ1) is 10.6. The predicted octanol–water partition coefficient (Wildman–Crippen LogP) is 4.85. The largest absolute Gasteiger partial charge is 0.418 e. The number of nitriles is 1. The lowest BCUT2D eigenvalue weighted by molar-refractivity contribution is -0.138. The van der Waals surface area contributed by atoms with E-state index >= 15 is 0 Å². The number of rotatable bonds is 2. The van der Waals surface area contributed by atoms with Crippen LogP contribution in [0.3, 0.4) is 0 Å². The molecule has 0 amide bonds. The van der Waals surface area contributed by atoms with Crippen LogP contribution in [0.2, 0.25) is 0 Å². The van der Waals surface area contributed by atoms with Crippen LogP contribution in [0.15, 0.2) is 36.5 Å². The molecule has 0 unspecified atom stereocenters. The Morgan fingerprint density at radius 2 is 1.57 bits per heavy atom. The average molecular weight is 330 g/mol. The molecule has 0 atom stereocenters. The summed E-state index contributed by atoms with van der Waals surface area (Å²) in [5.41, 5.74) is -3.50. The molecule has 1 aromatic heterocycles. The van der Waals surface area contributed by atoms with Crippen molar-refractivity contribution in [2.24, 2.45) is 0 Å². The fourth-order valence-electron chi connectivity index (χ4n) is 2.08. The molecule has 2 aromatic rings. The van der Waals surface area contributed by atoms with Crippen LogP contribution < -0.4 is 0 Å². The van der Waals surface area contributed by atoms with E-state index in [2.05, 4.69) is 4.98 Å². The third-order valence-electron chi connectivity index (χ3n) is 3.07.